The van der Waals surface area contributed by atoms with E-state index in [2.05, 4.69) is 20.6 Å². The van der Waals surface area contributed by atoms with Crippen LogP contribution >= 0.6 is 0 Å². The normalized spacial score (nSPS) is 11.0. The zero-order chi connectivity index (χ0) is 17.4. The highest BCUT2D eigenvalue weighted by Gasteiger charge is 2.14. The first kappa shape index (κ1) is 15.1. The van der Waals surface area contributed by atoms with Crippen molar-refractivity contribution in [3.63, 3.8) is 0 Å². The maximum Gasteiger partial charge on any atom is 0.276 e. The van der Waals surface area contributed by atoms with Crippen molar-refractivity contribution in [2.75, 3.05) is 5.32 Å². The van der Waals surface area contributed by atoms with Crippen molar-refractivity contribution in [2.24, 2.45) is 0 Å². The van der Waals surface area contributed by atoms with Crippen LogP contribution in [0.25, 0.3) is 16.6 Å². The van der Waals surface area contributed by atoms with E-state index in [-0.39, 0.29) is 5.91 Å². The topological polar surface area (TPSA) is 75.6 Å². The molecular formula is C19H17N5O. The Bertz CT molecular complexity index is 1060. The van der Waals surface area contributed by atoms with Gasteiger partial charge in [-0.2, -0.15) is 10.2 Å². The summed E-state index contributed by atoms with van der Waals surface area (Å²) in [4.78, 5) is 12.5. The van der Waals surface area contributed by atoms with Crippen LogP contribution in [0.3, 0.4) is 0 Å². The molecule has 2 heterocycles. The number of H-pyrrole nitrogens is 1. The van der Waals surface area contributed by atoms with E-state index < -0.39 is 0 Å². The molecule has 6 nitrogen and oxygen atoms in total. The number of aryl methyl sites for hydroxylation is 2. The zero-order valence-electron chi connectivity index (χ0n) is 13.9. The Labute approximate surface area is 144 Å². The number of benzene rings is 2. The van der Waals surface area contributed by atoms with Crippen molar-refractivity contribution < 1.29 is 4.79 Å². The van der Waals surface area contributed by atoms with Crippen molar-refractivity contribution in [1.82, 2.24) is 20.0 Å². The molecule has 0 aliphatic carbocycles. The molecule has 0 fully saturated rings. The lowest BCUT2D eigenvalue weighted by Gasteiger charge is -2.07. The number of hydrogen-bond donors (Lipinski definition) is 2. The summed E-state index contributed by atoms with van der Waals surface area (Å²) < 4.78 is 1.88. The number of rotatable bonds is 3. The third-order valence-corrected chi connectivity index (χ3v) is 4.06. The molecule has 0 aliphatic rings. The number of nitrogens with one attached hydrogen (secondary N) is 2. The summed E-state index contributed by atoms with van der Waals surface area (Å²) in [7, 11) is 0. The fourth-order valence-corrected chi connectivity index (χ4v) is 2.90. The molecule has 4 rings (SSSR count). The van der Waals surface area contributed by atoms with Crippen molar-refractivity contribution in [1.29, 1.82) is 0 Å². The maximum atomic E-state index is 12.5. The minimum Gasteiger partial charge on any atom is -0.321 e. The highest BCUT2D eigenvalue weighted by atomic mass is 16.1. The van der Waals surface area contributed by atoms with E-state index >= 15 is 0 Å². The molecule has 0 bridgehead atoms. The Morgan fingerprint density at radius 2 is 1.84 bits per heavy atom. The predicted octanol–water partition coefficient (Wildman–Crippen LogP) is 3.62. The number of carbonyl (C=O) groups is 1. The lowest BCUT2D eigenvalue weighted by atomic mass is 10.2. The average molecular weight is 331 g/mol. The number of nitrogens with zero attached hydrogens (tertiary/aromatic N) is 3. The molecule has 0 spiro atoms. The molecule has 2 aromatic carbocycles. The van der Waals surface area contributed by atoms with Crippen molar-refractivity contribution in [2.45, 2.75) is 13.8 Å². The second-order valence-electron chi connectivity index (χ2n) is 5.96. The van der Waals surface area contributed by atoms with Crippen LogP contribution in [0.2, 0.25) is 0 Å². The molecule has 0 saturated carbocycles. The molecular weight excluding hydrogens is 314 g/mol. The summed E-state index contributed by atoms with van der Waals surface area (Å²) >= 11 is 0. The number of amides is 1. The van der Waals surface area contributed by atoms with Crippen LogP contribution in [0.5, 0.6) is 0 Å². The van der Waals surface area contributed by atoms with Crippen molar-refractivity contribution in [3.8, 4) is 5.69 Å². The first-order chi connectivity index (χ1) is 12.1. The van der Waals surface area contributed by atoms with Crippen LogP contribution in [-0.4, -0.2) is 25.9 Å². The van der Waals surface area contributed by atoms with Gasteiger partial charge in [-0.25, -0.2) is 4.68 Å². The Morgan fingerprint density at radius 3 is 2.56 bits per heavy atom. The largest absolute Gasteiger partial charge is 0.321 e. The first-order valence-corrected chi connectivity index (χ1v) is 8.00. The molecule has 124 valence electrons. The number of fused-ring (bicyclic) bond motifs is 1. The van der Waals surface area contributed by atoms with Gasteiger partial charge in [0, 0.05) is 16.8 Å². The highest BCUT2D eigenvalue weighted by Crippen LogP contribution is 2.19. The van der Waals surface area contributed by atoms with Gasteiger partial charge in [0.15, 0.2) is 5.69 Å². The number of para-hydroxylation sites is 1. The standard InChI is InChI=1S/C19H17N5O/c1-12-11-13(2)24(23-12)15-9-7-14(8-10-15)20-19(25)18-16-5-3-4-6-17(16)21-22-18/h3-11H,1-2H3,(H,20,25)(H,21,22). The van der Waals surface area contributed by atoms with Gasteiger partial charge in [-0.1, -0.05) is 18.2 Å². The van der Waals surface area contributed by atoms with Crippen LogP contribution in [0, 0.1) is 13.8 Å². The maximum absolute atomic E-state index is 12.5. The molecule has 0 radical (unpaired) electrons. The Morgan fingerprint density at radius 1 is 1.08 bits per heavy atom. The molecule has 2 N–H and O–H groups in total. The van der Waals surface area contributed by atoms with Gasteiger partial charge in [-0.05, 0) is 50.2 Å². The Balaban J connectivity index is 1.57. The SMILES string of the molecule is Cc1cc(C)n(-c2ccc(NC(=O)c3n[nH]c4ccccc34)cc2)n1. The van der Waals surface area contributed by atoms with E-state index in [0.29, 0.717) is 11.4 Å². The fraction of sp³-hybridized carbons (Fsp3) is 0.105. The van der Waals surface area contributed by atoms with E-state index in [1.807, 2.05) is 73.1 Å². The minimum absolute atomic E-state index is 0.240. The van der Waals surface area contributed by atoms with Gasteiger partial charge in [0.2, 0.25) is 0 Å². The molecule has 2 aromatic heterocycles. The summed E-state index contributed by atoms with van der Waals surface area (Å²) in [5, 5.41) is 15.1. The van der Waals surface area contributed by atoms with Crippen molar-refractivity contribution >= 4 is 22.5 Å². The number of carbonyl (C=O) groups excluding carboxylic acids is 1. The van der Waals surface area contributed by atoms with E-state index in [9.17, 15) is 4.79 Å². The average Bonchev–Trinajstić information content (AvgIpc) is 3.18. The van der Waals surface area contributed by atoms with E-state index in [0.717, 1.165) is 28.0 Å². The third kappa shape index (κ3) is 2.78. The quantitative estimate of drug-likeness (QED) is 0.602. The summed E-state index contributed by atoms with van der Waals surface area (Å²) in [6.45, 7) is 3.98. The minimum atomic E-state index is -0.240. The highest BCUT2D eigenvalue weighted by molar-refractivity contribution is 6.11. The fourth-order valence-electron chi connectivity index (χ4n) is 2.90. The Kier molecular flexibility index (Phi) is 3.57. The Hall–Kier alpha value is -3.41. The smallest absolute Gasteiger partial charge is 0.276 e. The van der Waals surface area contributed by atoms with Gasteiger partial charge in [0.1, 0.15) is 0 Å². The van der Waals surface area contributed by atoms with Crippen LogP contribution in [0.15, 0.2) is 54.6 Å². The summed E-state index contributed by atoms with van der Waals surface area (Å²) in [5.74, 6) is -0.240. The molecule has 4 aromatic rings. The molecule has 0 aliphatic heterocycles. The van der Waals surface area contributed by atoms with E-state index in [1.54, 1.807) is 0 Å². The number of aromatic amines is 1. The first-order valence-electron chi connectivity index (χ1n) is 8.00. The number of hydrogen-bond acceptors (Lipinski definition) is 3. The van der Waals surface area contributed by atoms with E-state index in [4.69, 9.17) is 0 Å². The van der Waals surface area contributed by atoms with Gasteiger partial charge in [0.05, 0.1) is 16.9 Å². The second kappa shape index (κ2) is 5.90. The molecule has 0 saturated heterocycles. The van der Waals surface area contributed by atoms with Crippen molar-refractivity contribution in [3.05, 3.63) is 71.7 Å². The van der Waals surface area contributed by atoms with Crippen LogP contribution < -0.4 is 5.32 Å². The lowest BCUT2D eigenvalue weighted by molar-refractivity contribution is 0.102. The van der Waals surface area contributed by atoms with Gasteiger partial charge >= 0.3 is 0 Å². The zero-order valence-corrected chi connectivity index (χ0v) is 13.9. The lowest BCUT2D eigenvalue weighted by Crippen LogP contribution is -2.12. The molecule has 0 atom stereocenters. The second-order valence-corrected chi connectivity index (χ2v) is 5.96. The van der Waals surface area contributed by atoms with E-state index in [1.165, 1.54) is 0 Å². The summed E-state index contributed by atoms with van der Waals surface area (Å²) in [6.07, 6.45) is 0. The van der Waals surface area contributed by atoms with Crippen LogP contribution in [-0.2, 0) is 0 Å². The molecule has 1 amide bonds. The van der Waals surface area contributed by atoms with Gasteiger partial charge in [-0.3, -0.25) is 9.89 Å². The molecule has 0 unspecified atom stereocenters. The number of aromatic nitrogens is 4. The summed E-state index contributed by atoms with van der Waals surface area (Å²) in [6, 6.07) is 17.2. The number of anilines is 1. The van der Waals surface area contributed by atoms with Gasteiger partial charge in [-0.15, -0.1) is 0 Å². The monoisotopic (exact) mass is 331 g/mol. The van der Waals surface area contributed by atoms with Crippen LogP contribution in [0.4, 0.5) is 5.69 Å². The molecule has 25 heavy (non-hydrogen) atoms. The van der Waals surface area contributed by atoms with Crippen LogP contribution in [0.1, 0.15) is 21.9 Å². The predicted molar refractivity (Wildman–Crippen MR) is 97.1 cm³/mol. The summed E-state index contributed by atoms with van der Waals surface area (Å²) in [5.41, 5.74) is 4.93. The van der Waals surface area contributed by atoms with Gasteiger partial charge < -0.3 is 5.32 Å². The third-order valence-electron chi connectivity index (χ3n) is 4.06. The van der Waals surface area contributed by atoms with Gasteiger partial charge in [0.25, 0.3) is 5.91 Å². The molecule has 6 heteroatoms.